The number of hydrogen-bond acceptors (Lipinski definition) is 4. The quantitative estimate of drug-likeness (QED) is 0.738. The van der Waals surface area contributed by atoms with Gasteiger partial charge in [-0.25, -0.2) is 9.67 Å². The molecule has 0 aliphatic carbocycles. The third kappa shape index (κ3) is 4.80. The summed E-state index contributed by atoms with van der Waals surface area (Å²) in [4.78, 5) is 15.2. The molecule has 0 unspecified atom stereocenters. The number of halogens is 3. The van der Waals surface area contributed by atoms with E-state index < -0.39 is 11.9 Å². The second-order valence-electron chi connectivity index (χ2n) is 5.82. The maximum Gasteiger partial charge on any atom is 0.433 e. The van der Waals surface area contributed by atoms with E-state index in [1.807, 2.05) is 13.8 Å². The van der Waals surface area contributed by atoms with Crippen LogP contribution in [0, 0.1) is 0 Å². The zero-order valence-corrected chi connectivity index (χ0v) is 14.3. The van der Waals surface area contributed by atoms with Crippen molar-refractivity contribution in [2.75, 3.05) is 6.61 Å². The van der Waals surface area contributed by atoms with Crippen molar-refractivity contribution < 1.29 is 22.7 Å². The van der Waals surface area contributed by atoms with Gasteiger partial charge in [0.2, 0.25) is 0 Å². The van der Waals surface area contributed by atoms with Gasteiger partial charge in [0, 0.05) is 12.6 Å². The summed E-state index contributed by atoms with van der Waals surface area (Å²) < 4.78 is 44.7. The van der Waals surface area contributed by atoms with Gasteiger partial charge in [-0.2, -0.15) is 18.3 Å². The van der Waals surface area contributed by atoms with Gasteiger partial charge in [0.1, 0.15) is 5.69 Å². The van der Waals surface area contributed by atoms with Crippen LogP contribution in [0.5, 0.6) is 0 Å². The van der Waals surface area contributed by atoms with Crippen molar-refractivity contribution in [3.8, 4) is 5.82 Å². The molecule has 0 aromatic carbocycles. The number of carbonyl (C=O) groups is 1. The second-order valence-corrected chi connectivity index (χ2v) is 5.82. The number of pyridine rings is 1. The number of rotatable bonds is 6. The molecule has 2 aromatic heterocycles. The molecule has 0 radical (unpaired) electrons. The predicted octanol–water partition coefficient (Wildman–Crippen LogP) is 3.91. The zero-order chi connectivity index (χ0) is 18.6. The normalized spacial score (nSPS) is 11.8. The van der Waals surface area contributed by atoms with Gasteiger partial charge in [-0.3, -0.25) is 4.79 Å². The fraction of sp³-hybridized carbons (Fsp3) is 0.471. The first-order valence-corrected chi connectivity index (χ1v) is 8.01. The highest BCUT2D eigenvalue weighted by Crippen LogP contribution is 2.28. The Labute approximate surface area is 143 Å². The fourth-order valence-electron chi connectivity index (χ4n) is 2.40. The molecule has 8 heteroatoms. The highest BCUT2D eigenvalue weighted by atomic mass is 19.4. The van der Waals surface area contributed by atoms with Crippen LogP contribution in [-0.4, -0.2) is 27.3 Å². The minimum Gasteiger partial charge on any atom is -0.466 e. The molecule has 0 aliphatic heterocycles. The Hall–Kier alpha value is -2.38. The van der Waals surface area contributed by atoms with Gasteiger partial charge in [-0.05, 0) is 37.0 Å². The molecule has 25 heavy (non-hydrogen) atoms. The molecule has 136 valence electrons. The molecular formula is C17H20F3N3O2. The predicted molar refractivity (Wildman–Crippen MR) is 85.4 cm³/mol. The third-order valence-electron chi connectivity index (χ3n) is 3.53. The molecule has 0 spiro atoms. The fourth-order valence-corrected chi connectivity index (χ4v) is 2.40. The monoisotopic (exact) mass is 355 g/mol. The largest absolute Gasteiger partial charge is 0.466 e. The molecule has 2 heterocycles. The molecule has 2 aromatic rings. The summed E-state index contributed by atoms with van der Waals surface area (Å²) >= 11 is 0. The van der Waals surface area contributed by atoms with Crippen LogP contribution in [0.4, 0.5) is 13.2 Å². The van der Waals surface area contributed by atoms with Crippen molar-refractivity contribution in [2.45, 2.75) is 45.7 Å². The molecule has 0 N–H and O–H groups in total. The molecule has 5 nitrogen and oxygen atoms in total. The number of nitrogens with zero attached hydrogens (tertiary/aromatic N) is 3. The summed E-state index contributed by atoms with van der Waals surface area (Å²) in [5, 5.41) is 4.36. The van der Waals surface area contributed by atoms with Gasteiger partial charge in [0.15, 0.2) is 5.82 Å². The number of carbonyl (C=O) groups excluding carboxylic acids is 1. The first-order valence-electron chi connectivity index (χ1n) is 8.01. The standard InChI is InChI=1S/C17H20F3N3O2/c1-4-25-15(24)9-8-12-10-23(22-16(12)11(2)3)14-7-5-6-13(21-14)17(18,19)20/h5-7,10-11H,4,8-9H2,1-3H3. The minimum atomic E-state index is -4.52. The number of aryl methyl sites for hydroxylation is 1. The van der Waals surface area contributed by atoms with Crippen molar-refractivity contribution in [1.29, 1.82) is 0 Å². The average Bonchev–Trinajstić information content (AvgIpc) is 2.97. The average molecular weight is 355 g/mol. The van der Waals surface area contributed by atoms with Crippen LogP contribution in [0.1, 0.15) is 50.1 Å². The zero-order valence-electron chi connectivity index (χ0n) is 14.3. The lowest BCUT2D eigenvalue weighted by Gasteiger charge is -2.07. The Bertz CT molecular complexity index is 739. The van der Waals surface area contributed by atoms with E-state index in [1.54, 1.807) is 13.1 Å². The molecule has 2 rings (SSSR count). The maximum absolute atomic E-state index is 12.8. The number of alkyl halides is 3. The number of ether oxygens (including phenoxy) is 1. The summed E-state index contributed by atoms with van der Waals surface area (Å²) in [6.07, 6.45) is -2.30. The Morgan fingerprint density at radius 3 is 2.64 bits per heavy atom. The highest BCUT2D eigenvalue weighted by Gasteiger charge is 2.32. The summed E-state index contributed by atoms with van der Waals surface area (Å²) in [6.45, 7) is 5.90. The van der Waals surface area contributed by atoms with E-state index in [2.05, 4.69) is 10.1 Å². The molecule has 0 saturated carbocycles. The summed E-state index contributed by atoms with van der Waals surface area (Å²) in [5.74, 6) is -0.175. The van der Waals surface area contributed by atoms with Gasteiger partial charge in [0.05, 0.1) is 12.3 Å². The highest BCUT2D eigenvalue weighted by molar-refractivity contribution is 5.69. The van der Waals surface area contributed by atoms with E-state index >= 15 is 0 Å². The topological polar surface area (TPSA) is 57.0 Å². The third-order valence-corrected chi connectivity index (χ3v) is 3.53. The first kappa shape index (κ1) is 19.0. The van der Waals surface area contributed by atoms with Crippen molar-refractivity contribution in [2.24, 2.45) is 0 Å². The summed E-state index contributed by atoms with van der Waals surface area (Å²) in [5.41, 5.74) is 0.547. The maximum atomic E-state index is 12.8. The molecular weight excluding hydrogens is 335 g/mol. The Kier molecular flexibility index (Phi) is 5.81. The van der Waals surface area contributed by atoms with Gasteiger partial charge in [-0.1, -0.05) is 19.9 Å². The Morgan fingerprint density at radius 1 is 1.32 bits per heavy atom. The van der Waals surface area contributed by atoms with E-state index in [9.17, 15) is 18.0 Å². The second kappa shape index (κ2) is 7.67. The molecule has 0 aliphatic rings. The first-order chi connectivity index (χ1) is 11.7. The van der Waals surface area contributed by atoms with Gasteiger partial charge < -0.3 is 4.74 Å². The van der Waals surface area contributed by atoms with Gasteiger partial charge >= 0.3 is 12.1 Å². The van der Waals surface area contributed by atoms with Crippen LogP contribution in [-0.2, 0) is 22.1 Å². The Morgan fingerprint density at radius 2 is 2.04 bits per heavy atom. The number of hydrogen-bond donors (Lipinski definition) is 0. The molecule has 0 atom stereocenters. The summed E-state index contributed by atoms with van der Waals surface area (Å²) in [7, 11) is 0. The lowest BCUT2D eigenvalue weighted by Crippen LogP contribution is -2.10. The smallest absolute Gasteiger partial charge is 0.433 e. The van der Waals surface area contributed by atoms with Gasteiger partial charge in [0.25, 0.3) is 0 Å². The van der Waals surface area contributed by atoms with Crippen LogP contribution in [0.3, 0.4) is 0 Å². The number of esters is 1. The van der Waals surface area contributed by atoms with E-state index in [1.165, 1.54) is 16.8 Å². The van der Waals surface area contributed by atoms with Crippen LogP contribution in [0.2, 0.25) is 0 Å². The van der Waals surface area contributed by atoms with Gasteiger partial charge in [-0.15, -0.1) is 0 Å². The van der Waals surface area contributed by atoms with Crippen LogP contribution < -0.4 is 0 Å². The van der Waals surface area contributed by atoms with Crippen molar-refractivity contribution >= 4 is 5.97 Å². The van der Waals surface area contributed by atoms with E-state index in [0.717, 1.165) is 17.3 Å². The van der Waals surface area contributed by atoms with Crippen molar-refractivity contribution in [3.05, 3.63) is 41.3 Å². The van der Waals surface area contributed by atoms with E-state index in [-0.39, 0.29) is 24.1 Å². The minimum absolute atomic E-state index is 0.0595. The Balaban J connectivity index is 2.31. The molecule has 0 bridgehead atoms. The lowest BCUT2D eigenvalue weighted by molar-refractivity contribution is -0.143. The van der Waals surface area contributed by atoms with E-state index in [4.69, 9.17) is 4.74 Å². The molecule has 0 saturated heterocycles. The van der Waals surface area contributed by atoms with Crippen molar-refractivity contribution in [3.63, 3.8) is 0 Å². The lowest BCUT2D eigenvalue weighted by atomic mass is 10.0. The molecule has 0 amide bonds. The van der Waals surface area contributed by atoms with Crippen LogP contribution >= 0.6 is 0 Å². The van der Waals surface area contributed by atoms with E-state index in [0.29, 0.717) is 13.0 Å². The van der Waals surface area contributed by atoms with Crippen LogP contribution in [0.25, 0.3) is 5.82 Å². The van der Waals surface area contributed by atoms with Crippen LogP contribution in [0.15, 0.2) is 24.4 Å². The van der Waals surface area contributed by atoms with Crippen molar-refractivity contribution in [1.82, 2.24) is 14.8 Å². The SMILES string of the molecule is CCOC(=O)CCc1cn(-c2cccc(C(F)(F)F)n2)nc1C(C)C. The summed E-state index contributed by atoms with van der Waals surface area (Å²) in [6, 6.07) is 3.67. The molecule has 0 fully saturated rings. The number of aromatic nitrogens is 3.